The number of nitrogens with one attached hydrogen (secondary N) is 2. The van der Waals surface area contributed by atoms with Gasteiger partial charge in [-0.3, -0.25) is 4.72 Å². The van der Waals surface area contributed by atoms with Gasteiger partial charge in [-0.2, -0.15) is 4.98 Å². The van der Waals surface area contributed by atoms with Crippen LogP contribution in [-0.2, 0) is 20.5 Å². The number of rotatable bonds is 7. The average molecular weight is 454 g/mol. The van der Waals surface area contributed by atoms with E-state index in [9.17, 15) is 8.42 Å². The predicted octanol–water partition coefficient (Wildman–Crippen LogP) is 3.62. The summed E-state index contributed by atoms with van der Waals surface area (Å²) < 4.78 is 33.1. The molecule has 0 spiro atoms. The number of sulfonamides is 1. The van der Waals surface area contributed by atoms with Gasteiger partial charge in [0.1, 0.15) is 5.82 Å². The van der Waals surface area contributed by atoms with E-state index >= 15 is 0 Å². The molecule has 0 aliphatic carbocycles. The zero-order chi connectivity index (χ0) is 22.6. The Labute approximate surface area is 188 Å². The molecular weight excluding hydrogens is 426 g/mol. The Morgan fingerprint density at radius 3 is 2.41 bits per heavy atom. The highest BCUT2D eigenvalue weighted by molar-refractivity contribution is 7.91. The summed E-state index contributed by atoms with van der Waals surface area (Å²) in [6, 6.07) is 16.5. The molecule has 0 unspecified atom stereocenters. The number of aryl methyl sites for hydroxylation is 2. The van der Waals surface area contributed by atoms with Crippen molar-refractivity contribution in [2.75, 3.05) is 41.2 Å². The standard InChI is InChI=1S/C23H27N5O3S/c1-17-4-3-5-19(14-17)16-32(29,30)27-21-8-6-20(7-9-21)25-23-24-18(2)15-22(26-23)28-10-12-31-13-11-28/h3-9,14-15,27H,10-13,16H2,1-2H3,(H,24,25,26). The molecule has 1 aliphatic rings. The number of morpholine rings is 1. The molecule has 1 aromatic heterocycles. The number of anilines is 4. The molecule has 0 bridgehead atoms. The van der Waals surface area contributed by atoms with Gasteiger partial charge >= 0.3 is 0 Å². The molecule has 0 saturated carbocycles. The number of benzene rings is 2. The number of aromatic nitrogens is 2. The van der Waals surface area contributed by atoms with E-state index in [-0.39, 0.29) is 5.75 Å². The highest BCUT2D eigenvalue weighted by Crippen LogP contribution is 2.21. The Morgan fingerprint density at radius 2 is 1.69 bits per heavy atom. The molecule has 0 amide bonds. The third-order valence-electron chi connectivity index (χ3n) is 5.03. The molecule has 2 N–H and O–H groups in total. The van der Waals surface area contributed by atoms with Crippen LogP contribution in [0.15, 0.2) is 54.6 Å². The van der Waals surface area contributed by atoms with Gasteiger partial charge in [-0.05, 0) is 43.7 Å². The summed E-state index contributed by atoms with van der Waals surface area (Å²) in [6.45, 7) is 6.85. The summed E-state index contributed by atoms with van der Waals surface area (Å²) in [6.07, 6.45) is 0. The monoisotopic (exact) mass is 453 g/mol. The number of hydrogen-bond acceptors (Lipinski definition) is 7. The summed E-state index contributed by atoms with van der Waals surface area (Å²) in [5, 5.41) is 3.20. The Balaban J connectivity index is 1.42. The van der Waals surface area contributed by atoms with Crippen LogP contribution in [0.2, 0.25) is 0 Å². The third-order valence-corrected chi connectivity index (χ3v) is 6.29. The quantitative estimate of drug-likeness (QED) is 0.564. The molecule has 3 aromatic rings. The van der Waals surface area contributed by atoms with Crippen molar-refractivity contribution in [3.05, 3.63) is 71.4 Å². The molecule has 0 atom stereocenters. The maximum absolute atomic E-state index is 12.5. The molecule has 2 aromatic carbocycles. The maximum atomic E-state index is 12.5. The Bertz CT molecular complexity index is 1180. The van der Waals surface area contributed by atoms with Crippen LogP contribution in [0, 0.1) is 13.8 Å². The second-order valence-corrected chi connectivity index (χ2v) is 9.57. The van der Waals surface area contributed by atoms with Crippen molar-refractivity contribution in [1.29, 1.82) is 0 Å². The van der Waals surface area contributed by atoms with Crippen molar-refractivity contribution >= 4 is 33.2 Å². The SMILES string of the molecule is Cc1cccc(CS(=O)(=O)Nc2ccc(Nc3nc(C)cc(N4CCOCC4)n3)cc2)c1. The largest absolute Gasteiger partial charge is 0.378 e. The molecule has 4 rings (SSSR count). The summed E-state index contributed by atoms with van der Waals surface area (Å²) in [7, 11) is -3.51. The van der Waals surface area contributed by atoms with Gasteiger partial charge in [-0.1, -0.05) is 29.8 Å². The van der Waals surface area contributed by atoms with E-state index in [1.165, 1.54) is 0 Å². The van der Waals surface area contributed by atoms with Gasteiger partial charge in [-0.15, -0.1) is 0 Å². The second-order valence-electron chi connectivity index (χ2n) is 7.84. The van der Waals surface area contributed by atoms with Crippen molar-refractivity contribution in [1.82, 2.24) is 9.97 Å². The molecule has 168 valence electrons. The van der Waals surface area contributed by atoms with Crippen molar-refractivity contribution in [3.63, 3.8) is 0 Å². The van der Waals surface area contributed by atoms with Crippen molar-refractivity contribution in [2.45, 2.75) is 19.6 Å². The van der Waals surface area contributed by atoms with Crippen LogP contribution in [0.25, 0.3) is 0 Å². The molecular formula is C23H27N5O3S. The Morgan fingerprint density at radius 1 is 0.969 bits per heavy atom. The summed E-state index contributed by atoms with van der Waals surface area (Å²) >= 11 is 0. The van der Waals surface area contributed by atoms with Crippen molar-refractivity contribution in [2.24, 2.45) is 0 Å². The second kappa shape index (κ2) is 9.54. The fourth-order valence-corrected chi connectivity index (χ4v) is 4.74. The minimum absolute atomic E-state index is 0.0733. The van der Waals surface area contributed by atoms with E-state index < -0.39 is 10.0 Å². The normalized spacial score (nSPS) is 14.2. The first-order valence-corrected chi connectivity index (χ1v) is 12.1. The van der Waals surface area contributed by atoms with Gasteiger partial charge in [0.25, 0.3) is 0 Å². The van der Waals surface area contributed by atoms with Gasteiger partial charge in [0.2, 0.25) is 16.0 Å². The zero-order valence-electron chi connectivity index (χ0n) is 18.2. The van der Waals surface area contributed by atoms with Crippen LogP contribution in [0.3, 0.4) is 0 Å². The molecule has 1 aliphatic heterocycles. The zero-order valence-corrected chi connectivity index (χ0v) is 19.0. The van der Waals surface area contributed by atoms with E-state index in [0.717, 1.165) is 41.4 Å². The molecule has 0 radical (unpaired) electrons. The van der Waals surface area contributed by atoms with Crippen LogP contribution in [0.1, 0.15) is 16.8 Å². The molecule has 32 heavy (non-hydrogen) atoms. The fourth-order valence-electron chi connectivity index (χ4n) is 3.55. The van der Waals surface area contributed by atoms with Crippen LogP contribution in [0.5, 0.6) is 0 Å². The van der Waals surface area contributed by atoms with Gasteiger partial charge in [0.15, 0.2) is 0 Å². The number of ether oxygens (including phenoxy) is 1. The van der Waals surface area contributed by atoms with E-state index in [2.05, 4.69) is 24.9 Å². The minimum atomic E-state index is -3.51. The lowest BCUT2D eigenvalue weighted by atomic mass is 10.2. The molecule has 2 heterocycles. The van der Waals surface area contributed by atoms with Gasteiger partial charge in [0, 0.05) is 36.2 Å². The predicted molar refractivity (Wildman–Crippen MR) is 127 cm³/mol. The van der Waals surface area contributed by atoms with Crippen LogP contribution in [-0.4, -0.2) is 44.7 Å². The first-order chi connectivity index (χ1) is 15.4. The topological polar surface area (TPSA) is 96.5 Å². The maximum Gasteiger partial charge on any atom is 0.236 e. The highest BCUT2D eigenvalue weighted by Gasteiger charge is 2.15. The van der Waals surface area contributed by atoms with Crippen LogP contribution < -0.4 is 14.9 Å². The third kappa shape index (κ3) is 5.95. The first kappa shape index (κ1) is 22.0. The summed E-state index contributed by atoms with van der Waals surface area (Å²) in [4.78, 5) is 11.3. The van der Waals surface area contributed by atoms with E-state index in [1.54, 1.807) is 24.3 Å². The van der Waals surface area contributed by atoms with E-state index in [1.807, 2.05) is 44.2 Å². The first-order valence-electron chi connectivity index (χ1n) is 10.5. The highest BCUT2D eigenvalue weighted by atomic mass is 32.2. The summed E-state index contributed by atoms with van der Waals surface area (Å²) in [5.74, 6) is 1.29. The summed E-state index contributed by atoms with van der Waals surface area (Å²) in [5.41, 5.74) is 3.92. The molecule has 9 heteroatoms. The lowest BCUT2D eigenvalue weighted by molar-refractivity contribution is 0.122. The fraction of sp³-hybridized carbons (Fsp3) is 0.304. The Hall–Kier alpha value is -3.17. The number of hydrogen-bond donors (Lipinski definition) is 2. The van der Waals surface area contributed by atoms with Crippen LogP contribution in [0.4, 0.5) is 23.1 Å². The van der Waals surface area contributed by atoms with Crippen molar-refractivity contribution in [3.8, 4) is 0 Å². The molecule has 1 saturated heterocycles. The van der Waals surface area contributed by atoms with Gasteiger partial charge < -0.3 is 15.0 Å². The average Bonchev–Trinajstić information content (AvgIpc) is 2.75. The smallest absolute Gasteiger partial charge is 0.236 e. The molecule has 8 nitrogen and oxygen atoms in total. The lowest BCUT2D eigenvalue weighted by Crippen LogP contribution is -2.36. The number of nitrogens with zero attached hydrogens (tertiary/aromatic N) is 3. The van der Waals surface area contributed by atoms with Gasteiger partial charge in [0.05, 0.1) is 19.0 Å². The van der Waals surface area contributed by atoms with Gasteiger partial charge in [-0.25, -0.2) is 13.4 Å². The Kier molecular flexibility index (Phi) is 6.57. The van der Waals surface area contributed by atoms with E-state index in [4.69, 9.17) is 4.74 Å². The molecule has 1 fully saturated rings. The van der Waals surface area contributed by atoms with Crippen LogP contribution >= 0.6 is 0 Å². The van der Waals surface area contributed by atoms with Crippen molar-refractivity contribution < 1.29 is 13.2 Å². The lowest BCUT2D eigenvalue weighted by Gasteiger charge is -2.28. The minimum Gasteiger partial charge on any atom is -0.378 e. The van der Waals surface area contributed by atoms with E-state index in [0.29, 0.717) is 24.8 Å².